The number of nitrogens with zero attached hydrogens (tertiary/aromatic N) is 1. The standard InChI is InChI=1S/C18H13Cl2NO3/c1-9-3-4-10(2)14(7-9)21-17(23)15(16(22)18(21)24)12-6-5-11(19)8-13(12)20/h3-8,22H,1-2H3. The minimum absolute atomic E-state index is 0.123. The average molecular weight is 362 g/mol. The zero-order chi connectivity index (χ0) is 17.6. The van der Waals surface area contributed by atoms with Crippen molar-refractivity contribution >= 4 is 46.3 Å². The molecular weight excluding hydrogens is 349 g/mol. The molecule has 2 amide bonds. The summed E-state index contributed by atoms with van der Waals surface area (Å²) in [5.74, 6) is -2.00. The molecule has 1 aliphatic heterocycles. The highest BCUT2D eigenvalue weighted by atomic mass is 35.5. The molecule has 0 saturated carbocycles. The van der Waals surface area contributed by atoms with Crippen LogP contribution >= 0.6 is 23.2 Å². The van der Waals surface area contributed by atoms with Crippen molar-refractivity contribution in [3.8, 4) is 0 Å². The van der Waals surface area contributed by atoms with E-state index in [0.29, 0.717) is 10.7 Å². The number of imide groups is 1. The Morgan fingerprint density at radius 2 is 1.67 bits per heavy atom. The largest absolute Gasteiger partial charge is 0.502 e. The van der Waals surface area contributed by atoms with Gasteiger partial charge in [-0.25, -0.2) is 4.90 Å². The Hall–Kier alpha value is -2.30. The zero-order valence-electron chi connectivity index (χ0n) is 12.9. The third kappa shape index (κ3) is 2.58. The van der Waals surface area contributed by atoms with Crippen molar-refractivity contribution in [2.24, 2.45) is 0 Å². The van der Waals surface area contributed by atoms with Gasteiger partial charge in [-0.05, 0) is 43.2 Å². The Labute approximate surface area is 148 Å². The van der Waals surface area contributed by atoms with Gasteiger partial charge in [-0.3, -0.25) is 9.59 Å². The number of amides is 2. The van der Waals surface area contributed by atoms with Gasteiger partial charge in [0, 0.05) is 10.6 Å². The van der Waals surface area contributed by atoms with E-state index in [1.807, 2.05) is 19.1 Å². The van der Waals surface area contributed by atoms with Crippen LogP contribution in [0, 0.1) is 13.8 Å². The number of halogens is 2. The molecule has 24 heavy (non-hydrogen) atoms. The summed E-state index contributed by atoms with van der Waals surface area (Å²) in [6.45, 7) is 3.65. The average Bonchev–Trinajstić information content (AvgIpc) is 2.73. The van der Waals surface area contributed by atoms with Crippen LogP contribution in [0.2, 0.25) is 10.0 Å². The highest BCUT2D eigenvalue weighted by molar-refractivity contribution is 6.47. The van der Waals surface area contributed by atoms with Gasteiger partial charge in [0.25, 0.3) is 5.91 Å². The summed E-state index contributed by atoms with van der Waals surface area (Å²) in [6, 6.07) is 9.93. The molecule has 0 atom stereocenters. The third-order valence-electron chi connectivity index (χ3n) is 3.87. The molecule has 1 N–H and O–H groups in total. The van der Waals surface area contributed by atoms with E-state index in [2.05, 4.69) is 0 Å². The van der Waals surface area contributed by atoms with E-state index in [0.717, 1.165) is 16.0 Å². The SMILES string of the molecule is Cc1ccc(C)c(N2C(=O)C(O)=C(c3ccc(Cl)cc3Cl)C2=O)c1. The number of aliphatic hydroxyl groups is 1. The molecule has 0 radical (unpaired) electrons. The maximum Gasteiger partial charge on any atom is 0.301 e. The quantitative estimate of drug-likeness (QED) is 0.803. The number of hydrogen-bond acceptors (Lipinski definition) is 3. The summed E-state index contributed by atoms with van der Waals surface area (Å²) in [5, 5.41) is 10.8. The molecule has 0 unspecified atom stereocenters. The van der Waals surface area contributed by atoms with Crippen LogP contribution in [0.25, 0.3) is 5.57 Å². The molecule has 1 heterocycles. The maximum absolute atomic E-state index is 12.8. The van der Waals surface area contributed by atoms with E-state index in [1.54, 1.807) is 19.1 Å². The number of hydrogen-bond donors (Lipinski definition) is 1. The van der Waals surface area contributed by atoms with Crippen molar-refractivity contribution in [3.63, 3.8) is 0 Å². The summed E-state index contributed by atoms with van der Waals surface area (Å²) >= 11 is 12.0. The lowest BCUT2D eigenvalue weighted by Gasteiger charge is -2.18. The summed E-state index contributed by atoms with van der Waals surface area (Å²) in [5.41, 5.74) is 2.23. The first-order valence-electron chi connectivity index (χ1n) is 7.16. The van der Waals surface area contributed by atoms with Gasteiger partial charge in [0.05, 0.1) is 16.3 Å². The van der Waals surface area contributed by atoms with Gasteiger partial charge in [0.1, 0.15) is 0 Å². The fourth-order valence-electron chi connectivity index (χ4n) is 2.63. The molecule has 6 heteroatoms. The molecule has 122 valence electrons. The molecule has 0 fully saturated rings. The van der Waals surface area contributed by atoms with E-state index < -0.39 is 17.6 Å². The fraction of sp³-hybridized carbons (Fsp3) is 0.111. The Balaban J connectivity index is 2.13. The van der Waals surface area contributed by atoms with Gasteiger partial charge in [-0.15, -0.1) is 0 Å². The predicted octanol–water partition coefficient (Wildman–Crippen LogP) is 4.45. The van der Waals surface area contributed by atoms with Crippen molar-refractivity contribution in [1.29, 1.82) is 0 Å². The predicted molar refractivity (Wildman–Crippen MR) is 94.4 cm³/mol. The second-order valence-corrected chi connectivity index (χ2v) is 6.43. The van der Waals surface area contributed by atoms with Crippen LogP contribution in [-0.2, 0) is 9.59 Å². The minimum Gasteiger partial charge on any atom is -0.502 e. The molecule has 0 aliphatic carbocycles. The van der Waals surface area contributed by atoms with Crippen molar-refractivity contribution in [2.75, 3.05) is 4.90 Å². The number of rotatable bonds is 2. The smallest absolute Gasteiger partial charge is 0.301 e. The monoisotopic (exact) mass is 361 g/mol. The van der Waals surface area contributed by atoms with Gasteiger partial charge in [-0.1, -0.05) is 41.4 Å². The minimum atomic E-state index is -0.769. The second-order valence-electron chi connectivity index (χ2n) is 5.58. The van der Waals surface area contributed by atoms with E-state index in [1.165, 1.54) is 12.1 Å². The number of benzene rings is 2. The Morgan fingerprint density at radius 1 is 0.958 bits per heavy atom. The van der Waals surface area contributed by atoms with Gasteiger partial charge in [0.15, 0.2) is 5.76 Å². The molecule has 2 aromatic carbocycles. The van der Waals surface area contributed by atoms with Crippen LogP contribution in [0.15, 0.2) is 42.2 Å². The number of carbonyl (C=O) groups excluding carboxylic acids is 2. The number of anilines is 1. The Kier molecular flexibility index (Phi) is 4.11. The first kappa shape index (κ1) is 16.6. The lowest BCUT2D eigenvalue weighted by molar-refractivity contribution is -0.121. The summed E-state index contributed by atoms with van der Waals surface area (Å²) < 4.78 is 0. The van der Waals surface area contributed by atoms with E-state index in [4.69, 9.17) is 23.2 Å². The van der Waals surface area contributed by atoms with E-state index in [-0.39, 0.29) is 16.2 Å². The van der Waals surface area contributed by atoms with E-state index >= 15 is 0 Å². The van der Waals surface area contributed by atoms with Crippen molar-refractivity contribution in [1.82, 2.24) is 0 Å². The van der Waals surface area contributed by atoms with Crippen LogP contribution in [0.3, 0.4) is 0 Å². The summed E-state index contributed by atoms with van der Waals surface area (Å²) in [6.07, 6.45) is 0. The normalized spacial score (nSPS) is 14.8. The van der Waals surface area contributed by atoms with Gasteiger partial charge in [0.2, 0.25) is 0 Å². The van der Waals surface area contributed by atoms with Gasteiger partial charge >= 0.3 is 5.91 Å². The van der Waals surface area contributed by atoms with Crippen molar-refractivity contribution < 1.29 is 14.7 Å². The van der Waals surface area contributed by atoms with Crippen LogP contribution < -0.4 is 4.90 Å². The molecule has 0 aromatic heterocycles. The van der Waals surface area contributed by atoms with Crippen molar-refractivity contribution in [2.45, 2.75) is 13.8 Å². The van der Waals surface area contributed by atoms with E-state index in [9.17, 15) is 14.7 Å². The second kappa shape index (κ2) is 5.96. The number of carbonyl (C=O) groups is 2. The van der Waals surface area contributed by atoms with Gasteiger partial charge < -0.3 is 5.11 Å². The topological polar surface area (TPSA) is 57.6 Å². The Bertz CT molecular complexity index is 918. The van der Waals surface area contributed by atoms with Crippen LogP contribution in [0.4, 0.5) is 5.69 Å². The van der Waals surface area contributed by atoms with Crippen molar-refractivity contribution in [3.05, 3.63) is 68.9 Å². The summed E-state index contributed by atoms with van der Waals surface area (Å²) in [7, 11) is 0. The molecule has 0 spiro atoms. The lowest BCUT2D eigenvalue weighted by atomic mass is 10.1. The van der Waals surface area contributed by atoms with Gasteiger partial charge in [-0.2, -0.15) is 0 Å². The first-order valence-corrected chi connectivity index (χ1v) is 7.91. The highest BCUT2D eigenvalue weighted by Gasteiger charge is 2.41. The highest BCUT2D eigenvalue weighted by Crippen LogP contribution is 2.37. The van der Waals surface area contributed by atoms with Crippen LogP contribution in [0.1, 0.15) is 16.7 Å². The molecular formula is C18H13Cl2NO3. The van der Waals surface area contributed by atoms with Crippen LogP contribution in [0.5, 0.6) is 0 Å². The third-order valence-corrected chi connectivity index (χ3v) is 4.41. The molecule has 3 rings (SSSR count). The Morgan fingerprint density at radius 3 is 2.33 bits per heavy atom. The molecule has 4 nitrogen and oxygen atoms in total. The molecule has 0 bridgehead atoms. The number of aliphatic hydroxyl groups excluding tert-OH is 1. The van der Waals surface area contributed by atoms with Crippen LogP contribution in [-0.4, -0.2) is 16.9 Å². The molecule has 2 aromatic rings. The fourth-order valence-corrected chi connectivity index (χ4v) is 3.14. The number of aryl methyl sites for hydroxylation is 2. The molecule has 0 saturated heterocycles. The maximum atomic E-state index is 12.8. The zero-order valence-corrected chi connectivity index (χ0v) is 14.4. The lowest BCUT2D eigenvalue weighted by Crippen LogP contribution is -2.32. The molecule has 1 aliphatic rings. The first-order chi connectivity index (χ1) is 11.3. The summed E-state index contributed by atoms with van der Waals surface area (Å²) in [4.78, 5) is 26.3.